The van der Waals surface area contributed by atoms with Crippen molar-refractivity contribution in [2.24, 2.45) is 0 Å². The van der Waals surface area contributed by atoms with E-state index in [-0.39, 0.29) is 31.1 Å². The van der Waals surface area contributed by atoms with E-state index >= 15 is 0 Å². The van der Waals surface area contributed by atoms with Crippen molar-refractivity contribution in [3.05, 3.63) is 24.3 Å². The van der Waals surface area contributed by atoms with Gasteiger partial charge in [0.25, 0.3) is 0 Å². The minimum Gasteiger partial charge on any atom is -0.462 e. The number of esters is 3. The molecule has 0 bridgehead atoms. The zero-order valence-corrected chi connectivity index (χ0v) is 34.6. The van der Waals surface area contributed by atoms with Crippen LogP contribution in [0.25, 0.3) is 0 Å². The molecule has 1 unspecified atom stereocenters. The number of ether oxygens (including phenoxy) is 3. The first kappa shape index (κ1) is 49.9. The third kappa shape index (κ3) is 39.1. The molecule has 0 aliphatic rings. The van der Waals surface area contributed by atoms with E-state index in [1.54, 1.807) is 0 Å². The van der Waals surface area contributed by atoms with Crippen LogP contribution in [0.2, 0.25) is 0 Å². The van der Waals surface area contributed by atoms with Crippen molar-refractivity contribution in [1.82, 2.24) is 0 Å². The molecular formula is C46H84O6. The smallest absolute Gasteiger partial charge is 0.306 e. The minimum atomic E-state index is -0.771. The zero-order chi connectivity index (χ0) is 38.0. The van der Waals surface area contributed by atoms with Crippen LogP contribution < -0.4 is 0 Å². The van der Waals surface area contributed by atoms with E-state index in [1.165, 1.54) is 116 Å². The summed E-state index contributed by atoms with van der Waals surface area (Å²) in [5.41, 5.74) is 0. The summed E-state index contributed by atoms with van der Waals surface area (Å²) in [5, 5.41) is 0. The maximum atomic E-state index is 12.7. The van der Waals surface area contributed by atoms with Crippen molar-refractivity contribution in [1.29, 1.82) is 0 Å². The van der Waals surface area contributed by atoms with Gasteiger partial charge in [0.15, 0.2) is 6.10 Å². The van der Waals surface area contributed by atoms with E-state index in [2.05, 4.69) is 45.1 Å². The SMILES string of the molecule is CCCCC/C=C\CCCCCCCC(=O)OC(COC(=O)CCCCCCC/C=C\CCCCCCCC)COC(=O)CCCCCCCCC. The molecule has 0 heterocycles. The standard InChI is InChI=1S/C46H84O6/c1-4-7-10-13-16-18-20-22-23-24-26-27-30-33-36-39-45(48)51-42-43(41-50-44(47)38-35-32-29-15-12-9-6-3)52-46(49)40-37-34-31-28-25-21-19-17-14-11-8-5-2/h17,19,22-23,43H,4-16,18,20-21,24-42H2,1-3H3/b19-17-,23-22-. The van der Waals surface area contributed by atoms with Gasteiger partial charge in [-0.15, -0.1) is 0 Å². The number of carbonyl (C=O) groups excluding carboxylic acids is 3. The lowest BCUT2D eigenvalue weighted by molar-refractivity contribution is -0.167. The summed E-state index contributed by atoms with van der Waals surface area (Å²) in [6.07, 6.45) is 44.5. The molecule has 0 fully saturated rings. The van der Waals surface area contributed by atoms with E-state index < -0.39 is 6.10 Å². The van der Waals surface area contributed by atoms with Crippen LogP contribution in [0.15, 0.2) is 24.3 Å². The summed E-state index contributed by atoms with van der Waals surface area (Å²) in [5.74, 6) is -0.898. The van der Waals surface area contributed by atoms with Gasteiger partial charge >= 0.3 is 17.9 Å². The fourth-order valence-electron chi connectivity index (χ4n) is 6.25. The lowest BCUT2D eigenvalue weighted by Crippen LogP contribution is -2.30. The highest BCUT2D eigenvalue weighted by molar-refractivity contribution is 5.71. The molecule has 52 heavy (non-hydrogen) atoms. The topological polar surface area (TPSA) is 78.9 Å². The van der Waals surface area contributed by atoms with Gasteiger partial charge in [0.2, 0.25) is 0 Å². The molecule has 0 saturated carbocycles. The maximum Gasteiger partial charge on any atom is 0.306 e. The lowest BCUT2D eigenvalue weighted by atomic mass is 10.1. The molecule has 304 valence electrons. The Morgan fingerprint density at radius 2 is 0.635 bits per heavy atom. The van der Waals surface area contributed by atoms with Crippen LogP contribution in [0.4, 0.5) is 0 Å². The Hall–Kier alpha value is -2.11. The number of carbonyl (C=O) groups is 3. The Balaban J connectivity index is 4.31. The van der Waals surface area contributed by atoms with E-state index in [9.17, 15) is 14.4 Å². The predicted octanol–water partition coefficient (Wildman–Crippen LogP) is 14.0. The molecule has 0 rings (SSSR count). The molecule has 0 aromatic rings. The van der Waals surface area contributed by atoms with Gasteiger partial charge in [-0.1, -0.05) is 167 Å². The number of rotatable bonds is 40. The molecule has 0 aromatic carbocycles. The Morgan fingerprint density at radius 3 is 1.00 bits per heavy atom. The van der Waals surface area contributed by atoms with Crippen LogP contribution >= 0.6 is 0 Å². The van der Waals surface area contributed by atoms with Crippen LogP contribution in [-0.2, 0) is 28.6 Å². The average Bonchev–Trinajstić information content (AvgIpc) is 3.14. The Kier molecular flexibility index (Phi) is 40.0. The van der Waals surface area contributed by atoms with Crippen LogP contribution in [0.3, 0.4) is 0 Å². The highest BCUT2D eigenvalue weighted by Crippen LogP contribution is 2.13. The number of hydrogen-bond donors (Lipinski definition) is 0. The second-order valence-electron chi connectivity index (χ2n) is 15.0. The predicted molar refractivity (Wildman–Crippen MR) is 219 cm³/mol. The first-order chi connectivity index (χ1) is 25.5. The highest BCUT2D eigenvalue weighted by atomic mass is 16.6. The van der Waals surface area contributed by atoms with Crippen LogP contribution in [0, 0.1) is 0 Å². The molecule has 6 heteroatoms. The van der Waals surface area contributed by atoms with Crippen molar-refractivity contribution in [3.8, 4) is 0 Å². The Morgan fingerprint density at radius 1 is 0.365 bits per heavy atom. The normalized spacial score (nSPS) is 12.1. The quantitative estimate of drug-likeness (QED) is 0.0270. The van der Waals surface area contributed by atoms with Crippen molar-refractivity contribution in [3.63, 3.8) is 0 Å². The summed E-state index contributed by atoms with van der Waals surface area (Å²) in [4.78, 5) is 37.5. The van der Waals surface area contributed by atoms with E-state index in [0.717, 1.165) is 77.0 Å². The number of hydrogen-bond acceptors (Lipinski definition) is 6. The van der Waals surface area contributed by atoms with Crippen molar-refractivity contribution in [2.75, 3.05) is 13.2 Å². The Bertz CT molecular complexity index is 850. The molecule has 1 atom stereocenters. The summed E-state index contributed by atoms with van der Waals surface area (Å²) in [6.45, 7) is 6.55. The third-order valence-corrected chi connectivity index (χ3v) is 9.68. The van der Waals surface area contributed by atoms with Crippen molar-refractivity contribution < 1.29 is 28.6 Å². The van der Waals surface area contributed by atoms with Gasteiger partial charge in [0, 0.05) is 19.3 Å². The first-order valence-electron chi connectivity index (χ1n) is 22.3. The summed E-state index contributed by atoms with van der Waals surface area (Å²) in [6, 6.07) is 0. The maximum absolute atomic E-state index is 12.7. The zero-order valence-electron chi connectivity index (χ0n) is 34.6. The molecule has 0 aromatic heterocycles. The molecule has 0 amide bonds. The number of allylic oxidation sites excluding steroid dienone is 4. The number of unbranched alkanes of at least 4 members (excludes halogenated alkanes) is 25. The molecule has 0 aliphatic heterocycles. The molecule has 0 saturated heterocycles. The van der Waals surface area contributed by atoms with Gasteiger partial charge < -0.3 is 14.2 Å². The molecule has 0 radical (unpaired) electrons. The van der Waals surface area contributed by atoms with Crippen molar-refractivity contribution in [2.45, 2.75) is 239 Å². The van der Waals surface area contributed by atoms with Gasteiger partial charge in [0.1, 0.15) is 13.2 Å². The van der Waals surface area contributed by atoms with Gasteiger partial charge in [-0.05, 0) is 70.6 Å². The van der Waals surface area contributed by atoms with E-state index in [0.29, 0.717) is 19.3 Å². The molecular weight excluding hydrogens is 649 g/mol. The first-order valence-corrected chi connectivity index (χ1v) is 22.3. The fraction of sp³-hybridized carbons (Fsp3) is 0.848. The van der Waals surface area contributed by atoms with E-state index in [1.807, 2.05) is 0 Å². The lowest BCUT2D eigenvalue weighted by Gasteiger charge is -2.18. The van der Waals surface area contributed by atoms with Crippen LogP contribution in [0.5, 0.6) is 0 Å². The van der Waals surface area contributed by atoms with Crippen LogP contribution in [-0.4, -0.2) is 37.2 Å². The fourth-order valence-corrected chi connectivity index (χ4v) is 6.25. The average molecular weight is 733 g/mol. The van der Waals surface area contributed by atoms with Gasteiger partial charge in [-0.3, -0.25) is 14.4 Å². The van der Waals surface area contributed by atoms with Gasteiger partial charge in [-0.2, -0.15) is 0 Å². The molecule has 0 spiro atoms. The van der Waals surface area contributed by atoms with Crippen molar-refractivity contribution >= 4 is 17.9 Å². The Labute approximate surface area is 322 Å². The minimum absolute atomic E-state index is 0.0757. The van der Waals surface area contributed by atoms with Gasteiger partial charge in [0.05, 0.1) is 0 Å². The summed E-state index contributed by atoms with van der Waals surface area (Å²) in [7, 11) is 0. The third-order valence-electron chi connectivity index (χ3n) is 9.68. The largest absolute Gasteiger partial charge is 0.462 e. The second kappa shape index (κ2) is 41.6. The van der Waals surface area contributed by atoms with E-state index in [4.69, 9.17) is 14.2 Å². The summed E-state index contributed by atoms with van der Waals surface area (Å²) < 4.78 is 16.6. The summed E-state index contributed by atoms with van der Waals surface area (Å²) >= 11 is 0. The molecule has 0 N–H and O–H groups in total. The second-order valence-corrected chi connectivity index (χ2v) is 15.0. The van der Waals surface area contributed by atoms with Gasteiger partial charge in [-0.25, -0.2) is 0 Å². The molecule has 0 aliphatic carbocycles. The highest BCUT2D eigenvalue weighted by Gasteiger charge is 2.19. The molecule has 6 nitrogen and oxygen atoms in total. The van der Waals surface area contributed by atoms with Crippen LogP contribution in [0.1, 0.15) is 233 Å². The monoisotopic (exact) mass is 733 g/mol.